The number of hydrogen-bond donors (Lipinski definition) is 1. The fourth-order valence-electron chi connectivity index (χ4n) is 1.41. The Labute approximate surface area is 91.1 Å². The first-order valence-corrected chi connectivity index (χ1v) is 5.39. The van der Waals surface area contributed by atoms with Crippen molar-refractivity contribution in [3.63, 3.8) is 0 Å². The third-order valence-electron chi connectivity index (χ3n) is 2.48. The largest absolute Gasteiger partial charge is 0.373 e. The molecule has 84 valence electrons. The van der Waals surface area contributed by atoms with E-state index in [2.05, 4.69) is 5.32 Å². The fourth-order valence-corrected chi connectivity index (χ4v) is 1.41. The van der Waals surface area contributed by atoms with Crippen molar-refractivity contribution in [1.82, 2.24) is 5.32 Å². The zero-order chi connectivity index (χ0) is 11.3. The predicted octanol–water partition coefficient (Wildman–Crippen LogP) is 2.39. The molecule has 0 aliphatic carbocycles. The van der Waals surface area contributed by atoms with Crippen molar-refractivity contribution in [3.8, 4) is 0 Å². The van der Waals surface area contributed by atoms with Crippen molar-refractivity contribution in [1.29, 1.82) is 0 Å². The Morgan fingerprint density at radius 3 is 2.60 bits per heavy atom. The molecule has 2 nitrogen and oxygen atoms in total. The molecule has 1 aromatic rings. The minimum atomic E-state index is -0.144. The summed E-state index contributed by atoms with van der Waals surface area (Å²) in [6.45, 7) is 6.48. The van der Waals surface area contributed by atoms with Crippen molar-refractivity contribution in [2.24, 2.45) is 0 Å². The van der Waals surface area contributed by atoms with Crippen LogP contribution >= 0.6 is 0 Å². The van der Waals surface area contributed by atoms with Crippen LogP contribution in [0.2, 0.25) is 0 Å². The van der Waals surface area contributed by atoms with Gasteiger partial charge in [-0.15, -0.1) is 0 Å². The Balaban J connectivity index is 2.78. The SMILES string of the molecule is CCNCc1ccc(N(C)CC)c(F)c1. The van der Waals surface area contributed by atoms with Crippen molar-refractivity contribution >= 4 is 5.69 Å². The highest BCUT2D eigenvalue weighted by molar-refractivity contribution is 5.48. The van der Waals surface area contributed by atoms with E-state index in [1.807, 2.05) is 37.9 Å². The molecule has 0 unspecified atom stereocenters. The number of rotatable bonds is 5. The van der Waals surface area contributed by atoms with Gasteiger partial charge in [0.15, 0.2) is 0 Å². The van der Waals surface area contributed by atoms with Crippen molar-refractivity contribution < 1.29 is 4.39 Å². The summed E-state index contributed by atoms with van der Waals surface area (Å²) in [5.74, 6) is -0.144. The van der Waals surface area contributed by atoms with E-state index in [4.69, 9.17) is 0 Å². The first-order valence-electron chi connectivity index (χ1n) is 5.39. The topological polar surface area (TPSA) is 15.3 Å². The lowest BCUT2D eigenvalue weighted by Crippen LogP contribution is -2.18. The number of hydrogen-bond acceptors (Lipinski definition) is 2. The van der Waals surface area contributed by atoms with Crippen LogP contribution in [-0.4, -0.2) is 20.1 Å². The summed E-state index contributed by atoms with van der Waals surface area (Å²) in [6, 6.07) is 5.41. The standard InChI is InChI=1S/C12H19FN2/c1-4-14-9-10-6-7-12(11(13)8-10)15(3)5-2/h6-8,14H,4-5,9H2,1-3H3. The van der Waals surface area contributed by atoms with E-state index in [1.54, 1.807) is 6.07 Å². The average molecular weight is 210 g/mol. The number of anilines is 1. The van der Waals surface area contributed by atoms with E-state index in [0.29, 0.717) is 5.69 Å². The number of benzene rings is 1. The molecule has 0 amide bonds. The second-order valence-electron chi connectivity index (χ2n) is 3.58. The van der Waals surface area contributed by atoms with Crippen molar-refractivity contribution in [2.45, 2.75) is 20.4 Å². The van der Waals surface area contributed by atoms with Crippen LogP contribution in [0.4, 0.5) is 10.1 Å². The van der Waals surface area contributed by atoms with Gasteiger partial charge in [0.25, 0.3) is 0 Å². The van der Waals surface area contributed by atoms with Gasteiger partial charge in [-0.2, -0.15) is 0 Å². The first kappa shape index (κ1) is 12.0. The molecule has 1 rings (SSSR count). The Bertz CT molecular complexity index is 312. The monoisotopic (exact) mass is 210 g/mol. The summed E-state index contributed by atoms with van der Waals surface area (Å²) < 4.78 is 13.6. The molecule has 1 aromatic carbocycles. The van der Waals surface area contributed by atoms with Gasteiger partial charge in [-0.3, -0.25) is 0 Å². The summed E-state index contributed by atoms with van der Waals surface area (Å²) >= 11 is 0. The molecule has 0 heterocycles. The highest BCUT2D eigenvalue weighted by atomic mass is 19.1. The lowest BCUT2D eigenvalue weighted by Gasteiger charge is -2.18. The lowest BCUT2D eigenvalue weighted by atomic mass is 10.2. The van der Waals surface area contributed by atoms with Gasteiger partial charge in [0, 0.05) is 20.1 Å². The summed E-state index contributed by atoms with van der Waals surface area (Å²) in [6.07, 6.45) is 0. The van der Waals surface area contributed by atoms with Gasteiger partial charge in [-0.05, 0) is 31.2 Å². The smallest absolute Gasteiger partial charge is 0.146 e. The van der Waals surface area contributed by atoms with Gasteiger partial charge in [-0.1, -0.05) is 13.0 Å². The highest BCUT2D eigenvalue weighted by Gasteiger charge is 2.06. The second-order valence-corrected chi connectivity index (χ2v) is 3.58. The van der Waals surface area contributed by atoms with E-state index in [-0.39, 0.29) is 5.82 Å². The molecule has 0 bridgehead atoms. The van der Waals surface area contributed by atoms with Crippen LogP contribution in [0.1, 0.15) is 19.4 Å². The summed E-state index contributed by atoms with van der Waals surface area (Å²) in [5, 5.41) is 3.17. The molecule has 0 aliphatic rings. The Kier molecular flexibility index (Phi) is 4.56. The fraction of sp³-hybridized carbons (Fsp3) is 0.500. The zero-order valence-electron chi connectivity index (χ0n) is 9.68. The van der Waals surface area contributed by atoms with E-state index >= 15 is 0 Å². The van der Waals surface area contributed by atoms with Crippen molar-refractivity contribution in [3.05, 3.63) is 29.6 Å². The van der Waals surface area contributed by atoms with Gasteiger partial charge < -0.3 is 10.2 Å². The van der Waals surface area contributed by atoms with Crippen LogP contribution in [-0.2, 0) is 6.54 Å². The van der Waals surface area contributed by atoms with Gasteiger partial charge in [0.05, 0.1) is 5.69 Å². The van der Waals surface area contributed by atoms with Crippen LogP contribution in [0.15, 0.2) is 18.2 Å². The molecule has 0 saturated carbocycles. The predicted molar refractivity (Wildman–Crippen MR) is 62.7 cm³/mol. The number of nitrogens with one attached hydrogen (secondary N) is 1. The Morgan fingerprint density at radius 1 is 1.33 bits per heavy atom. The molecule has 0 radical (unpaired) electrons. The van der Waals surface area contributed by atoms with Crippen LogP contribution in [0, 0.1) is 5.82 Å². The molecule has 0 fully saturated rings. The number of nitrogens with zero attached hydrogens (tertiary/aromatic N) is 1. The van der Waals surface area contributed by atoms with E-state index in [1.165, 1.54) is 0 Å². The normalized spacial score (nSPS) is 10.4. The van der Waals surface area contributed by atoms with Crippen molar-refractivity contribution in [2.75, 3.05) is 25.0 Å². The maximum Gasteiger partial charge on any atom is 0.146 e. The van der Waals surface area contributed by atoms with Crippen LogP contribution in [0.3, 0.4) is 0 Å². The molecular formula is C12H19FN2. The van der Waals surface area contributed by atoms with Gasteiger partial charge in [0.1, 0.15) is 5.82 Å². The highest BCUT2D eigenvalue weighted by Crippen LogP contribution is 2.19. The molecule has 0 saturated heterocycles. The molecular weight excluding hydrogens is 191 g/mol. The molecule has 3 heteroatoms. The third-order valence-corrected chi connectivity index (χ3v) is 2.48. The third kappa shape index (κ3) is 3.20. The number of halogens is 1. The molecule has 0 atom stereocenters. The summed E-state index contributed by atoms with van der Waals surface area (Å²) in [5.41, 5.74) is 1.65. The maximum atomic E-state index is 13.6. The molecule has 1 N–H and O–H groups in total. The maximum absolute atomic E-state index is 13.6. The van der Waals surface area contributed by atoms with Gasteiger partial charge in [-0.25, -0.2) is 4.39 Å². The Hall–Kier alpha value is -1.09. The molecule has 0 spiro atoms. The van der Waals surface area contributed by atoms with Crippen LogP contribution in [0.5, 0.6) is 0 Å². The molecule has 0 aromatic heterocycles. The van der Waals surface area contributed by atoms with Gasteiger partial charge in [0.2, 0.25) is 0 Å². The summed E-state index contributed by atoms with van der Waals surface area (Å²) in [7, 11) is 1.89. The van der Waals surface area contributed by atoms with Gasteiger partial charge >= 0.3 is 0 Å². The van der Waals surface area contributed by atoms with Crippen LogP contribution in [0.25, 0.3) is 0 Å². The lowest BCUT2D eigenvalue weighted by molar-refractivity contribution is 0.618. The minimum Gasteiger partial charge on any atom is -0.373 e. The van der Waals surface area contributed by atoms with E-state index < -0.39 is 0 Å². The van der Waals surface area contributed by atoms with E-state index in [0.717, 1.165) is 25.2 Å². The summed E-state index contributed by atoms with van der Waals surface area (Å²) in [4.78, 5) is 1.90. The average Bonchev–Trinajstić information content (AvgIpc) is 2.25. The zero-order valence-corrected chi connectivity index (χ0v) is 9.68. The Morgan fingerprint density at radius 2 is 2.07 bits per heavy atom. The molecule has 0 aliphatic heterocycles. The van der Waals surface area contributed by atoms with E-state index in [9.17, 15) is 4.39 Å². The quantitative estimate of drug-likeness (QED) is 0.802. The molecule has 15 heavy (non-hydrogen) atoms. The first-order chi connectivity index (χ1) is 7.19. The van der Waals surface area contributed by atoms with Crippen LogP contribution < -0.4 is 10.2 Å². The second kappa shape index (κ2) is 5.71. The minimum absolute atomic E-state index is 0.144.